The maximum atomic E-state index is 13.8. The standard InChI is InChI=1S/C30H24ClN3O6S/c1-3-39-29(36)26-18(2)32-30-33(27(26)21-9-11-22(31)12-10-21)28(35)25(41-30)16-20-5-4-6-24(15-20)40-17-19-7-13-23(14-8-19)34(37)38/h4-16,27H,3,17H2,1-2H3/b25-16-/t27-/m1/s1. The van der Waals surface area contributed by atoms with Gasteiger partial charge >= 0.3 is 5.97 Å². The molecule has 0 aliphatic carbocycles. The number of rotatable bonds is 8. The first-order valence-corrected chi connectivity index (χ1v) is 13.9. The van der Waals surface area contributed by atoms with Gasteiger partial charge in [0.05, 0.1) is 33.4 Å². The topological polar surface area (TPSA) is 113 Å². The lowest BCUT2D eigenvalue weighted by molar-refractivity contribution is -0.384. The van der Waals surface area contributed by atoms with E-state index in [1.165, 1.54) is 28.0 Å². The van der Waals surface area contributed by atoms with Crippen molar-refractivity contribution in [2.75, 3.05) is 6.61 Å². The Kier molecular flexibility index (Phi) is 8.14. The predicted molar refractivity (Wildman–Crippen MR) is 156 cm³/mol. The fraction of sp³-hybridized carbons (Fsp3) is 0.167. The number of hydrogen-bond donors (Lipinski definition) is 0. The minimum atomic E-state index is -0.721. The normalized spacial score (nSPS) is 14.8. The van der Waals surface area contributed by atoms with Gasteiger partial charge in [0.15, 0.2) is 4.80 Å². The average molecular weight is 590 g/mol. The molecule has 0 spiro atoms. The van der Waals surface area contributed by atoms with Gasteiger partial charge in [-0.05, 0) is 73.0 Å². The van der Waals surface area contributed by atoms with E-state index in [4.69, 9.17) is 21.1 Å². The van der Waals surface area contributed by atoms with E-state index in [2.05, 4.69) is 4.99 Å². The van der Waals surface area contributed by atoms with Crippen molar-refractivity contribution < 1.29 is 19.2 Å². The smallest absolute Gasteiger partial charge is 0.338 e. The maximum Gasteiger partial charge on any atom is 0.338 e. The number of esters is 1. The van der Waals surface area contributed by atoms with Crippen LogP contribution in [0.4, 0.5) is 5.69 Å². The predicted octanol–water partition coefficient (Wildman–Crippen LogP) is 4.94. The van der Waals surface area contributed by atoms with Crippen LogP contribution in [0.5, 0.6) is 5.75 Å². The zero-order valence-corrected chi connectivity index (χ0v) is 23.6. The average Bonchev–Trinajstić information content (AvgIpc) is 3.26. The molecule has 208 valence electrons. The molecule has 0 N–H and O–H groups in total. The third-order valence-electron chi connectivity index (χ3n) is 6.41. The van der Waals surface area contributed by atoms with E-state index in [1.54, 1.807) is 68.5 Å². The molecule has 3 aromatic carbocycles. The van der Waals surface area contributed by atoms with Crippen LogP contribution in [0.3, 0.4) is 0 Å². The molecule has 0 fully saturated rings. The molecular formula is C30H24ClN3O6S. The summed E-state index contributed by atoms with van der Waals surface area (Å²) in [7, 11) is 0. The van der Waals surface area contributed by atoms with Crippen LogP contribution < -0.4 is 19.6 Å². The first-order chi connectivity index (χ1) is 19.7. The van der Waals surface area contributed by atoms with Gasteiger partial charge in [-0.3, -0.25) is 19.5 Å². The molecule has 41 heavy (non-hydrogen) atoms. The molecule has 1 atom stereocenters. The molecule has 2 heterocycles. The number of ether oxygens (including phenoxy) is 2. The van der Waals surface area contributed by atoms with Crippen LogP contribution in [0.2, 0.25) is 5.02 Å². The van der Waals surface area contributed by atoms with Crippen molar-refractivity contribution in [2.45, 2.75) is 26.5 Å². The molecule has 9 nitrogen and oxygen atoms in total. The van der Waals surface area contributed by atoms with Gasteiger partial charge in [0.2, 0.25) is 0 Å². The van der Waals surface area contributed by atoms with Crippen molar-refractivity contribution in [1.29, 1.82) is 0 Å². The highest BCUT2D eigenvalue weighted by Crippen LogP contribution is 2.31. The Hall–Kier alpha value is -4.54. The molecule has 0 unspecified atom stereocenters. The number of hydrogen-bond acceptors (Lipinski definition) is 8. The van der Waals surface area contributed by atoms with Crippen molar-refractivity contribution in [3.05, 3.63) is 136 Å². The molecule has 0 saturated heterocycles. The van der Waals surface area contributed by atoms with E-state index in [0.29, 0.717) is 36.9 Å². The lowest BCUT2D eigenvalue weighted by Gasteiger charge is -2.24. The number of nitro benzene ring substituents is 1. The highest BCUT2D eigenvalue weighted by molar-refractivity contribution is 7.07. The molecular weight excluding hydrogens is 566 g/mol. The van der Waals surface area contributed by atoms with Gasteiger partial charge < -0.3 is 9.47 Å². The Morgan fingerprint density at radius 2 is 1.88 bits per heavy atom. The highest BCUT2D eigenvalue weighted by Gasteiger charge is 2.33. The molecule has 1 aliphatic rings. The van der Waals surface area contributed by atoms with Crippen LogP contribution in [-0.2, 0) is 16.1 Å². The van der Waals surface area contributed by atoms with Gasteiger partial charge in [0.25, 0.3) is 11.2 Å². The fourth-order valence-electron chi connectivity index (χ4n) is 4.48. The summed E-state index contributed by atoms with van der Waals surface area (Å²) in [6, 6.07) is 19.7. The molecule has 4 aromatic rings. The number of carbonyl (C=O) groups is 1. The second kappa shape index (κ2) is 11.9. The second-order valence-corrected chi connectivity index (χ2v) is 10.6. The number of nitrogens with zero attached hydrogens (tertiary/aromatic N) is 3. The van der Waals surface area contributed by atoms with E-state index in [1.807, 2.05) is 12.1 Å². The zero-order valence-electron chi connectivity index (χ0n) is 22.1. The van der Waals surface area contributed by atoms with Crippen LogP contribution in [-0.4, -0.2) is 22.1 Å². The Labute approximate surface area is 243 Å². The van der Waals surface area contributed by atoms with Crippen molar-refractivity contribution >= 4 is 40.7 Å². The van der Waals surface area contributed by atoms with Crippen molar-refractivity contribution in [2.24, 2.45) is 4.99 Å². The quantitative estimate of drug-likeness (QED) is 0.163. The first kappa shape index (κ1) is 28.0. The monoisotopic (exact) mass is 589 g/mol. The van der Waals surface area contributed by atoms with E-state index in [0.717, 1.165) is 11.1 Å². The van der Waals surface area contributed by atoms with Gasteiger partial charge in [0.1, 0.15) is 12.4 Å². The summed E-state index contributed by atoms with van der Waals surface area (Å²) in [6.07, 6.45) is 1.75. The summed E-state index contributed by atoms with van der Waals surface area (Å²) in [6.45, 7) is 3.87. The number of allylic oxidation sites excluding steroid dienone is 1. The number of carbonyl (C=O) groups excluding carboxylic acids is 1. The van der Waals surface area contributed by atoms with Crippen LogP contribution in [0, 0.1) is 10.1 Å². The van der Waals surface area contributed by atoms with Crippen LogP contribution >= 0.6 is 22.9 Å². The van der Waals surface area contributed by atoms with Crippen molar-refractivity contribution in [3.63, 3.8) is 0 Å². The molecule has 11 heteroatoms. The Morgan fingerprint density at radius 1 is 1.15 bits per heavy atom. The van der Waals surface area contributed by atoms with Gasteiger partial charge in [-0.2, -0.15) is 0 Å². The Balaban J connectivity index is 1.49. The number of nitro groups is 1. The summed E-state index contributed by atoms with van der Waals surface area (Å²) in [5.74, 6) is 0.0465. The number of non-ortho nitro benzene ring substituents is 1. The van der Waals surface area contributed by atoms with E-state index in [-0.39, 0.29) is 24.5 Å². The zero-order chi connectivity index (χ0) is 29.1. The largest absolute Gasteiger partial charge is 0.489 e. The maximum absolute atomic E-state index is 13.8. The molecule has 0 saturated carbocycles. The van der Waals surface area contributed by atoms with Crippen molar-refractivity contribution in [1.82, 2.24) is 4.57 Å². The van der Waals surface area contributed by atoms with Crippen LogP contribution in [0.1, 0.15) is 36.6 Å². The Morgan fingerprint density at radius 3 is 2.56 bits per heavy atom. The van der Waals surface area contributed by atoms with E-state index in [9.17, 15) is 19.7 Å². The summed E-state index contributed by atoms with van der Waals surface area (Å²) in [4.78, 5) is 42.3. The number of benzene rings is 3. The van der Waals surface area contributed by atoms with E-state index >= 15 is 0 Å². The highest BCUT2D eigenvalue weighted by atomic mass is 35.5. The molecule has 0 bridgehead atoms. The number of thiazole rings is 1. The lowest BCUT2D eigenvalue weighted by atomic mass is 9.96. The lowest BCUT2D eigenvalue weighted by Crippen LogP contribution is -2.39. The van der Waals surface area contributed by atoms with Crippen LogP contribution in [0.25, 0.3) is 6.08 Å². The Bertz CT molecular complexity index is 1840. The molecule has 0 amide bonds. The molecule has 1 aromatic heterocycles. The summed E-state index contributed by atoms with van der Waals surface area (Å²) in [5.41, 5.74) is 2.74. The van der Waals surface area contributed by atoms with Gasteiger partial charge in [-0.25, -0.2) is 9.79 Å². The number of halogens is 1. The minimum absolute atomic E-state index is 0.0140. The third kappa shape index (κ3) is 5.98. The van der Waals surface area contributed by atoms with Gasteiger partial charge in [-0.1, -0.05) is 47.2 Å². The fourth-order valence-corrected chi connectivity index (χ4v) is 5.65. The second-order valence-electron chi connectivity index (χ2n) is 9.14. The molecule has 0 radical (unpaired) electrons. The summed E-state index contributed by atoms with van der Waals surface area (Å²) >= 11 is 7.34. The van der Waals surface area contributed by atoms with Gasteiger partial charge in [0, 0.05) is 17.2 Å². The molecule has 5 rings (SSSR count). The van der Waals surface area contributed by atoms with E-state index < -0.39 is 16.9 Å². The molecule has 1 aliphatic heterocycles. The first-order valence-electron chi connectivity index (χ1n) is 12.7. The number of fused-ring (bicyclic) bond motifs is 1. The van der Waals surface area contributed by atoms with Gasteiger partial charge in [-0.15, -0.1) is 0 Å². The third-order valence-corrected chi connectivity index (χ3v) is 7.65. The minimum Gasteiger partial charge on any atom is -0.489 e. The summed E-state index contributed by atoms with van der Waals surface area (Å²) < 4.78 is 13.2. The van der Waals surface area contributed by atoms with Crippen LogP contribution in [0.15, 0.2) is 93.9 Å². The summed E-state index contributed by atoms with van der Waals surface area (Å²) in [5, 5.41) is 11.4. The van der Waals surface area contributed by atoms with Crippen molar-refractivity contribution in [3.8, 4) is 5.75 Å². The SMILES string of the molecule is CCOC(=O)C1=C(C)N=c2s/c(=C\c3cccc(OCc4ccc([N+](=O)[O-])cc4)c3)c(=O)n2[C@@H]1c1ccc(Cl)cc1. The number of aromatic nitrogens is 1.